The van der Waals surface area contributed by atoms with Crippen molar-refractivity contribution in [3.63, 3.8) is 0 Å². The summed E-state index contributed by atoms with van der Waals surface area (Å²) in [6.45, 7) is 3.42. The molecule has 0 radical (unpaired) electrons. The number of rotatable bonds is 7. The molecule has 3 aromatic carbocycles. The Morgan fingerprint density at radius 3 is 2.39 bits per heavy atom. The molecule has 13 heteroatoms. The van der Waals surface area contributed by atoms with Crippen LogP contribution in [0.4, 0.5) is 11.5 Å². The van der Waals surface area contributed by atoms with E-state index in [9.17, 15) is 24.3 Å². The Morgan fingerprint density at radius 2 is 1.66 bits per heavy atom. The van der Waals surface area contributed by atoms with Gasteiger partial charge in [0.15, 0.2) is 5.78 Å². The third kappa shape index (κ3) is 5.42. The molecular formula is C46H37ClN4O7S. The van der Waals surface area contributed by atoms with Gasteiger partial charge in [0.2, 0.25) is 23.6 Å². The van der Waals surface area contributed by atoms with Crippen LogP contribution in [0.3, 0.4) is 0 Å². The highest BCUT2D eigenvalue weighted by Crippen LogP contribution is 2.64. The Kier molecular flexibility index (Phi) is 8.57. The Hall–Kier alpha value is -5.95. The van der Waals surface area contributed by atoms with Gasteiger partial charge < -0.3 is 9.52 Å². The molecule has 296 valence electrons. The van der Waals surface area contributed by atoms with E-state index >= 15 is 4.79 Å². The predicted octanol–water partition coefficient (Wildman–Crippen LogP) is 8.02. The number of carbonyl (C=O) groups excluding carboxylic acids is 5. The van der Waals surface area contributed by atoms with E-state index in [2.05, 4.69) is 0 Å². The smallest absolute Gasteiger partial charge is 0.242 e. The van der Waals surface area contributed by atoms with Gasteiger partial charge in [-0.25, -0.2) is 4.90 Å². The number of furan rings is 1. The first-order valence-corrected chi connectivity index (χ1v) is 20.7. The van der Waals surface area contributed by atoms with Gasteiger partial charge in [-0.2, -0.15) is 5.10 Å². The number of hydrogen-bond donors (Lipinski definition) is 1. The van der Waals surface area contributed by atoms with Gasteiger partial charge in [0.25, 0.3) is 0 Å². The molecule has 4 aliphatic rings. The van der Waals surface area contributed by atoms with Crippen LogP contribution >= 0.6 is 22.9 Å². The Balaban J connectivity index is 1.01. The van der Waals surface area contributed by atoms with E-state index in [4.69, 9.17) is 21.1 Å². The van der Waals surface area contributed by atoms with Gasteiger partial charge in [-0.05, 0) is 98.2 Å². The van der Waals surface area contributed by atoms with E-state index in [1.807, 2.05) is 37.3 Å². The second kappa shape index (κ2) is 13.6. The summed E-state index contributed by atoms with van der Waals surface area (Å²) in [5.74, 6) is -4.42. The summed E-state index contributed by atoms with van der Waals surface area (Å²) in [6, 6.07) is 26.2. The summed E-state index contributed by atoms with van der Waals surface area (Å²) in [7, 11) is 1.70. The Bertz CT molecular complexity index is 2820. The lowest BCUT2D eigenvalue weighted by atomic mass is 9.52. The van der Waals surface area contributed by atoms with Gasteiger partial charge >= 0.3 is 0 Å². The first kappa shape index (κ1) is 37.3. The van der Waals surface area contributed by atoms with Gasteiger partial charge in [-0.1, -0.05) is 53.6 Å². The highest BCUT2D eigenvalue weighted by molar-refractivity contribution is 7.22. The number of nitrogens with zero attached hydrogens (tertiary/aromatic N) is 4. The van der Waals surface area contributed by atoms with E-state index in [1.54, 1.807) is 96.7 Å². The maximum Gasteiger partial charge on any atom is 0.242 e. The average Bonchev–Trinajstić information content (AvgIpc) is 4.04. The molecule has 2 aliphatic carbocycles. The maximum atomic E-state index is 15.1. The van der Waals surface area contributed by atoms with Crippen molar-refractivity contribution < 1.29 is 33.5 Å². The fourth-order valence-corrected chi connectivity index (χ4v) is 11.5. The van der Waals surface area contributed by atoms with Crippen molar-refractivity contribution in [2.45, 2.75) is 39.2 Å². The predicted molar refractivity (Wildman–Crippen MR) is 222 cm³/mol. The van der Waals surface area contributed by atoms with Crippen LogP contribution in [0.5, 0.6) is 0 Å². The number of aliphatic hydroxyl groups excluding tert-OH is 1. The minimum atomic E-state index is -1.34. The lowest BCUT2D eigenvalue weighted by Crippen LogP contribution is -2.48. The number of halogens is 1. The van der Waals surface area contributed by atoms with Crippen LogP contribution in [0.15, 0.2) is 107 Å². The largest absolute Gasteiger partial charge is 0.463 e. The number of hydrogen-bond acceptors (Lipinski definition) is 9. The first-order chi connectivity index (χ1) is 28.4. The van der Waals surface area contributed by atoms with Crippen molar-refractivity contribution >= 4 is 73.9 Å². The molecule has 1 N–H and O–H groups in total. The molecule has 5 heterocycles. The molecule has 59 heavy (non-hydrogen) atoms. The number of carbonyl (C=O) groups is 5. The van der Waals surface area contributed by atoms with E-state index in [0.717, 1.165) is 26.1 Å². The normalized spacial score (nSPS) is 25.1. The number of aliphatic hydroxyl groups is 1. The highest BCUT2D eigenvalue weighted by Gasteiger charge is 2.68. The van der Waals surface area contributed by atoms with Crippen LogP contribution in [-0.4, -0.2) is 44.3 Å². The molecule has 11 nitrogen and oxygen atoms in total. The van der Waals surface area contributed by atoms with Gasteiger partial charge in [0.1, 0.15) is 29.6 Å². The molecule has 4 amide bonds. The van der Waals surface area contributed by atoms with E-state index in [0.29, 0.717) is 44.9 Å². The number of ketones is 1. The molecule has 1 saturated carbocycles. The molecule has 2 aliphatic heterocycles. The molecular weight excluding hydrogens is 788 g/mol. The molecule has 6 atom stereocenters. The zero-order valence-electron chi connectivity index (χ0n) is 32.2. The standard InChI is InChI=1S/C46H37ClN4O7S/c1-23-31-19-26(47)11-18-36(31)59-41(23)34-21-37(49(3)48-34)51-43(55)33-20-32-29(39(46(33,2)45(51)57)35-17-14-28(22-52)58-35)15-16-30-38(32)44(56)50(42(30)54)27-12-9-25(10-13-27)40(53)24-7-5-4-6-8-24/h4-15,17-19,21,30,32-33,38-39,52H,16,20,22H2,1-3H3. The van der Waals surface area contributed by atoms with Crippen molar-refractivity contribution in [1.82, 2.24) is 9.78 Å². The fourth-order valence-electron chi connectivity index (χ4n) is 10.2. The van der Waals surface area contributed by atoms with Gasteiger partial charge in [-0.15, -0.1) is 11.3 Å². The number of thiophene rings is 1. The number of imide groups is 2. The third-order valence-corrected chi connectivity index (χ3v) is 14.6. The van der Waals surface area contributed by atoms with Crippen LogP contribution in [0.25, 0.3) is 20.7 Å². The Morgan fingerprint density at radius 1 is 0.915 bits per heavy atom. The van der Waals surface area contributed by atoms with Crippen molar-refractivity contribution in [2.24, 2.45) is 36.1 Å². The van der Waals surface area contributed by atoms with E-state index in [-0.39, 0.29) is 37.0 Å². The monoisotopic (exact) mass is 824 g/mol. The van der Waals surface area contributed by atoms with Gasteiger partial charge in [0.05, 0.1) is 39.7 Å². The van der Waals surface area contributed by atoms with E-state index in [1.165, 1.54) is 9.80 Å². The minimum Gasteiger partial charge on any atom is -0.463 e. The van der Waals surface area contributed by atoms with Gasteiger partial charge in [-0.3, -0.25) is 33.6 Å². The molecule has 0 bridgehead atoms. The number of allylic oxidation sites excluding steroid dienone is 2. The van der Waals surface area contributed by atoms with Crippen molar-refractivity contribution in [2.75, 3.05) is 9.80 Å². The molecule has 2 saturated heterocycles. The SMILES string of the molecule is Cc1c(-c2cc(N3C(=O)C4CC5C(=CCC6C(=O)N(c7ccc(C(=O)c8ccccc8)cc7)C(=O)C65)C(c5ccc(CO)o5)C4(C)C3=O)n(C)n2)sc2ccc(Cl)cc12. The van der Waals surface area contributed by atoms with Gasteiger partial charge in [0, 0.05) is 34.0 Å². The summed E-state index contributed by atoms with van der Waals surface area (Å²) >= 11 is 7.88. The number of amides is 4. The molecule has 0 spiro atoms. The van der Waals surface area contributed by atoms with Crippen LogP contribution in [0.1, 0.15) is 58.7 Å². The topological polar surface area (TPSA) is 143 Å². The number of fused-ring (bicyclic) bond motifs is 5. The first-order valence-electron chi connectivity index (χ1n) is 19.5. The zero-order chi connectivity index (χ0) is 41.1. The molecule has 6 unspecified atom stereocenters. The summed E-state index contributed by atoms with van der Waals surface area (Å²) in [4.78, 5) is 75.2. The number of anilines is 2. The van der Waals surface area contributed by atoms with E-state index < -0.39 is 46.8 Å². The quantitative estimate of drug-likeness (QED) is 0.0970. The molecule has 6 aromatic rings. The molecule has 10 rings (SSSR count). The summed E-state index contributed by atoms with van der Waals surface area (Å²) in [5, 5.41) is 16.4. The molecule has 3 fully saturated rings. The lowest BCUT2D eigenvalue weighted by Gasteiger charge is -2.48. The summed E-state index contributed by atoms with van der Waals surface area (Å²) < 4.78 is 8.76. The average molecular weight is 825 g/mol. The van der Waals surface area contributed by atoms with Crippen molar-refractivity contribution in [3.8, 4) is 10.6 Å². The number of aromatic nitrogens is 2. The van der Waals surface area contributed by atoms with Crippen LogP contribution in [-0.2, 0) is 32.8 Å². The minimum absolute atomic E-state index is 0.160. The van der Waals surface area contributed by atoms with Crippen LogP contribution < -0.4 is 9.80 Å². The third-order valence-electron chi connectivity index (χ3n) is 13.0. The number of aryl methyl sites for hydroxylation is 2. The summed E-state index contributed by atoms with van der Waals surface area (Å²) in [5.41, 5.74) is 2.34. The van der Waals surface area contributed by atoms with Crippen LogP contribution in [0.2, 0.25) is 5.02 Å². The fraction of sp³-hybridized carbons (Fsp3) is 0.261. The van der Waals surface area contributed by atoms with Crippen molar-refractivity contribution in [3.05, 3.63) is 136 Å². The molecule has 3 aromatic heterocycles. The second-order valence-electron chi connectivity index (χ2n) is 16.1. The Labute approximate surface area is 347 Å². The lowest BCUT2D eigenvalue weighted by molar-refractivity contribution is -0.131. The second-order valence-corrected chi connectivity index (χ2v) is 17.6. The van der Waals surface area contributed by atoms with Crippen molar-refractivity contribution in [1.29, 1.82) is 0 Å². The maximum absolute atomic E-state index is 15.1. The zero-order valence-corrected chi connectivity index (χ0v) is 33.8. The summed E-state index contributed by atoms with van der Waals surface area (Å²) in [6.07, 6.45) is 2.37. The number of benzene rings is 3. The van der Waals surface area contributed by atoms with Crippen LogP contribution in [0, 0.1) is 36.0 Å². The highest BCUT2D eigenvalue weighted by atomic mass is 35.5.